The number of halogens is 1. The average Bonchev–Trinajstić information content (AvgIpc) is 2.31. The highest BCUT2D eigenvalue weighted by atomic mass is 35.5. The van der Waals surface area contributed by atoms with Gasteiger partial charge in [-0.2, -0.15) is 0 Å². The Kier molecular flexibility index (Phi) is 3.48. The first-order chi connectivity index (χ1) is 8.58. The number of rotatable bonds is 3. The maximum absolute atomic E-state index is 9.71. The third-order valence-electron chi connectivity index (χ3n) is 2.64. The number of aromatic hydroxyl groups is 1. The van der Waals surface area contributed by atoms with Crippen molar-refractivity contribution in [3.05, 3.63) is 47.0 Å². The van der Waals surface area contributed by atoms with E-state index in [1.54, 1.807) is 36.4 Å². The highest BCUT2D eigenvalue weighted by molar-refractivity contribution is 6.33. The number of nitrogen functional groups attached to an aromatic ring is 2. The van der Waals surface area contributed by atoms with Gasteiger partial charge in [0.25, 0.3) is 0 Å². The van der Waals surface area contributed by atoms with Crippen LogP contribution >= 0.6 is 11.6 Å². The first-order valence-electron chi connectivity index (χ1n) is 5.43. The van der Waals surface area contributed by atoms with Gasteiger partial charge >= 0.3 is 0 Å². The van der Waals surface area contributed by atoms with E-state index in [0.717, 1.165) is 5.69 Å². The second-order valence-electron chi connectivity index (χ2n) is 3.94. The number of nitrogens with one attached hydrogen (secondary N) is 1. The molecular formula is C13H14ClN3O. The standard InChI is InChI=1S/C13H14ClN3O/c14-10-6-8(15)4-5-12(10)17-7-9-11(16)2-1-3-13(9)18/h1-6,17-18H,7,15-16H2. The molecule has 94 valence electrons. The molecule has 2 aromatic carbocycles. The molecule has 2 aromatic rings. The van der Waals surface area contributed by atoms with Gasteiger partial charge in [-0.3, -0.25) is 0 Å². The van der Waals surface area contributed by atoms with Gasteiger partial charge in [-0.1, -0.05) is 17.7 Å². The SMILES string of the molecule is Nc1ccc(NCc2c(N)cccc2O)c(Cl)c1. The Balaban J connectivity index is 2.16. The number of phenolic OH excluding ortho intramolecular Hbond substituents is 1. The Morgan fingerprint density at radius 2 is 1.94 bits per heavy atom. The van der Waals surface area contributed by atoms with Crippen LogP contribution in [-0.4, -0.2) is 5.11 Å². The fraction of sp³-hybridized carbons (Fsp3) is 0.0769. The Morgan fingerprint density at radius 1 is 1.17 bits per heavy atom. The summed E-state index contributed by atoms with van der Waals surface area (Å²) in [6.45, 7) is 0.391. The van der Waals surface area contributed by atoms with Crippen LogP contribution in [0.5, 0.6) is 5.75 Å². The molecule has 0 spiro atoms. The predicted molar refractivity (Wildman–Crippen MR) is 75.7 cm³/mol. The Labute approximate surface area is 110 Å². The van der Waals surface area contributed by atoms with Crippen LogP contribution in [0.25, 0.3) is 0 Å². The molecule has 0 aliphatic rings. The largest absolute Gasteiger partial charge is 0.508 e. The van der Waals surface area contributed by atoms with Crippen LogP contribution in [0, 0.1) is 0 Å². The van der Waals surface area contributed by atoms with Crippen LogP contribution in [0.2, 0.25) is 5.02 Å². The maximum atomic E-state index is 9.71. The van der Waals surface area contributed by atoms with Crippen molar-refractivity contribution in [3.8, 4) is 5.75 Å². The maximum Gasteiger partial charge on any atom is 0.122 e. The van der Waals surface area contributed by atoms with Gasteiger partial charge < -0.3 is 21.9 Å². The van der Waals surface area contributed by atoms with Gasteiger partial charge in [0.1, 0.15) is 5.75 Å². The predicted octanol–water partition coefficient (Wildman–Crippen LogP) is 2.82. The molecule has 0 heterocycles. The first kappa shape index (κ1) is 12.4. The van der Waals surface area contributed by atoms with Gasteiger partial charge in [-0.25, -0.2) is 0 Å². The van der Waals surface area contributed by atoms with Crippen molar-refractivity contribution in [2.75, 3.05) is 16.8 Å². The summed E-state index contributed by atoms with van der Waals surface area (Å²) in [4.78, 5) is 0. The zero-order chi connectivity index (χ0) is 13.1. The lowest BCUT2D eigenvalue weighted by atomic mass is 10.1. The summed E-state index contributed by atoms with van der Waals surface area (Å²) in [6.07, 6.45) is 0. The summed E-state index contributed by atoms with van der Waals surface area (Å²) in [6, 6.07) is 10.2. The van der Waals surface area contributed by atoms with Gasteiger partial charge in [0.2, 0.25) is 0 Å². The van der Waals surface area contributed by atoms with Gasteiger partial charge in [0.05, 0.1) is 10.7 Å². The zero-order valence-corrected chi connectivity index (χ0v) is 10.4. The topological polar surface area (TPSA) is 84.3 Å². The lowest BCUT2D eigenvalue weighted by Gasteiger charge is -2.12. The molecule has 4 nitrogen and oxygen atoms in total. The first-order valence-corrected chi connectivity index (χ1v) is 5.81. The highest BCUT2D eigenvalue weighted by Crippen LogP contribution is 2.27. The van der Waals surface area contributed by atoms with E-state index in [0.29, 0.717) is 28.5 Å². The normalized spacial score (nSPS) is 10.3. The summed E-state index contributed by atoms with van der Waals surface area (Å²) in [5.74, 6) is 0.161. The summed E-state index contributed by atoms with van der Waals surface area (Å²) in [5, 5.41) is 13.4. The number of anilines is 3. The van der Waals surface area contributed by atoms with Crippen LogP contribution in [0.4, 0.5) is 17.1 Å². The van der Waals surface area contributed by atoms with Gasteiger partial charge in [0, 0.05) is 23.5 Å². The van der Waals surface area contributed by atoms with E-state index >= 15 is 0 Å². The summed E-state index contributed by atoms with van der Waals surface area (Å²) in [7, 11) is 0. The molecule has 18 heavy (non-hydrogen) atoms. The minimum absolute atomic E-state index is 0.161. The van der Waals surface area contributed by atoms with Crippen molar-refractivity contribution in [3.63, 3.8) is 0 Å². The van der Waals surface area contributed by atoms with Gasteiger partial charge in [-0.15, -0.1) is 0 Å². The summed E-state index contributed by atoms with van der Waals surface area (Å²) in [5.41, 5.74) is 13.9. The van der Waals surface area contributed by atoms with Crippen molar-refractivity contribution >= 4 is 28.7 Å². The number of benzene rings is 2. The molecule has 0 amide bonds. The Hall–Kier alpha value is -2.07. The molecule has 2 rings (SSSR count). The van der Waals surface area contributed by atoms with Crippen LogP contribution in [0.15, 0.2) is 36.4 Å². The molecule has 6 N–H and O–H groups in total. The molecule has 0 saturated heterocycles. The molecule has 0 aromatic heterocycles. The van der Waals surface area contributed by atoms with E-state index < -0.39 is 0 Å². The van der Waals surface area contributed by atoms with Crippen LogP contribution < -0.4 is 16.8 Å². The van der Waals surface area contributed by atoms with E-state index in [1.807, 2.05) is 0 Å². The number of hydrogen-bond donors (Lipinski definition) is 4. The number of nitrogens with two attached hydrogens (primary N) is 2. The molecule has 0 aliphatic heterocycles. The van der Waals surface area contributed by atoms with E-state index in [1.165, 1.54) is 0 Å². The second kappa shape index (κ2) is 5.06. The molecule has 0 atom stereocenters. The Bertz CT molecular complexity index is 552. The molecular weight excluding hydrogens is 250 g/mol. The average molecular weight is 264 g/mol. The smallest absolute Gasteiger partial charge is 0.122 e. The van der Waals surface area contributed by atoms with Crippen LogP contribution in [0.1, 0.15) is 5.56 Å². The molecule has 0 aliphatic carbocycles. The minimum atomic E-state index is 0.161. The van der Waals surface area contributed by atoms with Gasteiger partial charge in [-0.05, 0) is 30.3 Å². The van der Waals surface area contributed by atoms with E-state index in [2.05, 4.69) is 5.32 Å². The molecule has 0 bridgehead atoms. The molecule has 0 fully saturated rings. The van der Waals surface area contributed by atoms with Crippen molar-refractivity contribution in [2.45, 2.75) is 6.54 Å². The quantitative estimate of drug-likeness (QED) is 0.642. The lowest BCUT2D eigenvalue weighted by molar-refractivity contribution is 0.469. The van der Waals surface area contributed by atoms with Crippen LogP contribution in [0.3, 0.4) is 0 Å². The van der Waals surface area contributed by atoms with Crippen LogP contribution in [-0.2, 0) is 6.54 Å². The third kappa shape index (κ3) is 2.60. The Morgan fingerprint density at radius 3 is 2.61 bits per heavy atom. The van der Waals surface area contributed by atoms with Crippen molar-refractivity contribution < 1.29 is 5.11 Å². The van der Waals surface area contributed by atoms with Crippen molar-refractivity contribution in [1.29, 1.82) is 0 Å². The molecule has 0 unspecified atom stereocenters. The van der Waals surface area contributed by atoms with E-state index in [4.69, 9.17) is 23.1 Å². The summed E-state index contributed by atoms with van der Waals surface area (Å²) < 4.78 is 0. The minimum Gasteiger partial charge on any atom is -0.508 e. The summed E-state index contributed by atoms with van der Waals surface area (Å²) >= 11 is 6.04. The number of phenols is 1. The van der Waals surface area contributed by atoms with E-state index in [9.17, 15) is 5.11 Å². The second-order valence-corrected chi connectivity index (χ2v) is 4.34. The van der Waals surface area contributed by atoms with E-state index in [-0.39, 0.29) is 5.75 Å². The third-order valence-corrected chi connectivity index (χ3v) is 2.95. The zero-order valence-electron chi connectivity index (χ0n) is 9.65. The highest BCUT2D eigenvalue weighted by Gasteiger charge is 2.06. The number of hydrogen-bond acceptors (Lipinski definition) is 4. The van der Waals surface area contributed by atoms with Gasteiger partial charge in [0.15, 0.2) is 0 Å². The fourth-order valence-corrected chi connectivity index (χ4v) is 1.90. The molecule has 0 saturated carbocycles. The molecule has 5 heteroatoms. The van der Waals surface area contributed by atoms with Crippen molar-refractivity contribution in [2.24, 2.45) is 0 Å². The van der Waals surface area contributed by atoms with Crippen molar-refractivity contribution in [1.82, 2.24) is 0 Å². The monoisotopic (exact) mass is 263 g/mol. The lowest BCUT2D eigenvalue weighted by Crippen LogP contribution is -2.03. The fourth-order valence-electron chi connectivity index (χ4n) is 1.64. The molecule has 0 radical (unpaired) electrons.